The average Bonchev–Trinajstić information content (AvgIpc) is 3.15. The number of aryl methyl sites for hydroxylation is 2. The molecular weight excluding hydrogens is 340 g/mol. The van der Waals surface area contributed by atoms with E-state index in [1.54, 1.807) is 4.52 Å². The zero-order valence-corrected chi connectivity index (χ0v) is 15.9. The molecule has 1 aliphatic rings. The van der Waals surface area contributed by atoms with E-state index in [2.05, 4.69) is 39.3 Å². The van der Waals surface area contributed by atoms with Crippen LogP contribution in [0.3, 0.4) is 0 Å². The Morgan fingerprint density at radius 2 is 1.89 bits per heavy atom. The number of hydrogen-bond donors (Lipinski definition) is 1. The predicted molar refractivity (Wildman–Crippen MR) is 101 cm³/mol. The van der Waals surface area contributed by atoms with E-state index in [9.17, 15) is 4.79 Å². The van der Waals surface area contributed by atoms with E-state index in [0.29, 0.717) is 12.2 Å². The Hall–Kier alpha value is -2.80. The maximum atomic E-state index is 12.9. The second-order valence-corrected chi connectivity index (χ2v) is 7.20. The van der Waals surface area contributed by atoms with Gasteiger partial charge >= 0.3 is 0 Å². The summed E-state index contributed by atoms with van der Waals surface area (Å²) < 4.78 is 1.71. The molecule has 1 fully saturated rings. The van der Waals surface area contributed by atoms with Gasteiger partial charge in [0, 0.05) is 22.5 Å². The summed E-state index contributed by atoms with van der Waals surface area (Å²) in [4.78, 5) is 25.0. The molecule has 0 atom stereocenters. The number of amides is 1. The molecule has 3 heterocycles. The van der Waals surface area contributed by atoms with Crippen LogP contribution in [0.5, 0.6) is 0 Å². The zero-order chi connectivity index (χ0) is 18.8. The third kappa shape index (κ3) is 3.68. The molecule has 0 spiro atoms. The average molecular weight is 365 g/mol. The summed E-state index contributed by atoms with van der Waals surface area (Å²) in [6.07, 6.45) is 1.86. The quantitative estimate of drug-likeness (QED) is 0.718. The molecule has 140 valence electrons. The number of carbonyl (C=O) groups is 1. The molecule has 7 heteroatoms. The summed E-state index contributed by atoms with van der Waals surface area (Å²) in [6.45, 7) is 8.51. The van der Waals surface area contributed by atoms with Crippen molar-refractivity contribution in [1.82, 2.24) is 24.5 Å². The van der Waals surface area contributed by atoms with Gasteiger partial charge in [0.05, 0.1) is 32.6 Å². The number of fused-ring (bicyclic) bond motifs is 1. The van der Waals surface area contributed by atoms with Gasteiger partial charge in [0.1, 0.15) is 12.9 Å². The van der Waals surface area contributed by atoms with Gasteiger partial charge in [-0.15, -0.1) is 0 Å². The number of quaternary nitrogens is 1. The van der Waals surface area contributed by atoms with E-state index in [-0.39, 0.29) is 5.91 Å². The van der Waals surface area contributed by atoms with Gasteiger partial charge in [0.25, 0.3) is 5.78 Å². The third-order valence-electron chi connectivity index (χ3n) is 5.44. The lowest BCUT2D eigenvalue weighted by molar-refractivity contribution is -0.917. The van der Waals surface area contributed by atoms with Gasteiger partial charge < -0.3 is 9.80 Å². The van der Waals surface area contributed by atoms with Crippen molar-refractivity contribution in [3.05, 3.63) is 59.2 Å². The van der Waals surface area contributed by atoms with Crippen molar-refractivity contribution < 1.29 is 9.69 Å². The summed E-state index contributed by atoms with van der Waals surface area (Å²) in [6, 6.07) is 10.6. The van der Waals surface area contributed by atoms with Gasteiger partial charge in [0.2, 0.25) is 5.91 Å². The van der Waals surface area contributed by atoms with Gasteiger partial charge in [-0.2, -0.15) is 10.1 Å². The van der Waals surface area contributed by atoms with Crippen molar-refractivity contribution in [3.8, 4) is 0 Å². The summed E-state index contributed by atoms with van der Waals surface area (Å²) in [5, 5.41) is 4.20. The molecule has 27 heavy (non-hydrogen) atoms. The van der Waals surface area contributed by atoms with E-state index in [1.165, 1.54) is 16.8 Å². The van der Waals surface area contributed by atoms with Gasteiger partial charge in [-0.1, -0.05) is 30.3 Å². The predicted octanol–water partition coefficient (Wildman–Crippen LogP) is 0.211. The number of piperazine rings is 1. The van der Waals surface area contributed by atoms with Gasteiger partial charge in [0.15, 0.2) is 0 Å². The lowest BCUT2D eigenvalue weighted by Crippen LogP contribution is -3.13. The Morgan fingerprint density at radius 1 is 1.15 bits per heavy atom. The monoisotopic (exact) mass is 365 g/mol. The lowest BCUT2D eigenvalue weighted by Gasteiger charge is -2.32. The number of nitrogens with one attached hydrogen (secondary N) is 1. The minimum absolute atomic E-state index is 0.168. The number of aromatic nitrogens is 4. The van der Waals surface area contributed by atoms with Gasteiger partial charge in [-0.05, 0) is 13.8 Å². The van der Waals surface area contributed by atoms with Crippen LogP contribution in [0, 0.1) is 13.8 Å². The smallest absolute Gasteiger partial charge is 0.252 e. The van der Waals surface area contributed by atoms with Crippen LogP contribution >= 0.6 is 0 Å². The third-order valence-corrected chi connectivity index (χ3v) is 5.44. The first-order valence-electron chi connectivity index (χ1n) is 9.43. The molecule has 7 nitrogen and oxygen atoms in total. The Morgan fingerprint density at radius 3 is 2.63 bits per heavy atom. The van der Waals surface area contributed by atoms with Crippen LogP contribution in [0.25, 0.3) is 5.78 Å². The SMILES string of the molecule is Cc1nc2ncnn2c(C)c1CC(=O)N1CC[NH+](Cc2ccccc2)CC1. The van der Waals surface area contributed by atoms with Crippen LogP contribution in [0.2, 0.25) is 0 Å². The fourth-order valence-corrected chi connectivity index (χ4v) is 3.81. The number of nitrogens with zero attached hydrogens (tertiary/aromatic N) is 5. The highest BCUT2D eigenvalue weighted by Gasteiger charge is 2.25. The Balaban J connectivity index is 1.39. The molecule has 0 bridgehead atoms. The highest BCUT2D eigenvalue weighted by atomic mass is 16.2. The molecule has 1 N–H and O–H groups in total. The van der Waals surface area contributed by atoms with Crippen molar-refractivity contribution in [2.24, 2.45) is 0 Å². The standard InChI is InChI=1S/C20H24N6O/c1-15-18(16(2)26-20(23-15)21-14-22-26)12-19(27)25-10-8-24(9-11-25)13-17-6-4-3-5-7-17/h3-7,14H,8-13H2,1-2H3/p+1. The summed E-state index contributed by atoms with van der Waals surface area (Å²) in [7, 11) is 0. The molecule has 0 radical (unpaired) electrons. The molecule has 0 aliphatic carbocycles. The second-order valence-electron chi connectivity index (χ2n) is 7.20. The highest BCUT2D eigenvalue weighted by molar-refractivity contribution is 5.79. The van der Waals surface area contributed by atoms with Crippen molar-refractivity contribution in [3.63, 3.8) is 0 Å². The van der Waals surface area contributed by atoms with E-state index >= 15 is 0 Å². The largest absolute Gasteiger partial charge is 0.331 e. The molecule has 0 saturated carbocycles. The van der Waals surface area contributed by atoms with Crippen molar-refractivity contribution in [1.29, 1.82) is 0 Å². The van der Waals surface area contributed by atoms with E-state index in [1.807, 2.05) is 24.8 Å². The summed E-state index contributed by atoms with van der Waals surface area (Å²) in [5.74, 6) is 0.751. The van der Waals surface area contributed by atoms with Crippen LogP contribution in [0.1, 0.15) is 22.5 Å². The Labute approximate surface area is 158 Å². The highest BCUT2D eigenvalue weighted by Crippen LogP contribution is 2.14. The number of hydrogen-bond acceptors (Lipinski definition) is 4. The Kier molecular flexibility index (Phi) is 4.85. The maximum Gasteiger partial charge on any atom is 0.252 e. The van der Waals surface area contributed by atoms with Crippen LogP contribution in [-0.2, 0) is 17.8 Å². The van der Waals surface area contributed by atoms with Gasteiger partial charge in [-0.3, -0.25) is 4.79 Å². The van der Waals surface area contributed by atoms with Crippen LogP contribution in [0.15, 0.2) is 36.7 Å². The maximum absolute atomic E-state index is 12.9. The number of carbonyl (C=O) groups excluding carboxylic acids is 1. The fraction of sp³-hybridized carbons (Fsp3) is 0.400. The van der Waals surface area contributed by atoms with Crippen molar-refractivity contribution in [2.75, 3.05) is 26.2 Å². The number of rotatable bonds is 4. The molecule has 1 aliphatic heterocycles. The van der Waals surface area contributed by atoms with Gasteiger partial charge in [-0.25, -0.2) is 9.50 Å². The first kappa shape index (κ1) is 17.6. The fourth-order valence-electron chi connectivity index (χ4n) is 3.81. The summed E-state index contributed by atoms with van der Waals surface area (Å²) in [5.41, 5.74) is 4.11. The molecular formula is C20H25N6O+. The van der Waals surface area contributed by atoms with E-state index in [4.69, 9.17) is 0 Å². The topological polar surface area (TPSA) is 67.8 Å². The minimum atomic E-state index is 0.168. The minimum Gasteiger partial charge on any atom is -0.331 e. The van der Waals surface area contributed by atoms with Crippen molar-refractivity contribution >= 4 is 11.7 Å². The molecule has 1 aromatic carbocycles. The summed E-state index contributed by atoms with van der Waals surface area (Å²) >= 11 is 0. The van der Waals surface area contributed by atoms with Crippen LogP contribution in [0.4, 0.5) is 0 Å². The molecule has 3 aromatic rings. The van der Waals surface area contributed by atoms with Crippen molar-refractivity contribution in [2.45, 2.75) is 26.8 Å². The first-order chi connectivity index (χ1) is 13.1. The normalized spacial score (nSPS) is 15.4. The van der Waals surface area contributed by atoms with E-state index in [0.717, 1.165) is 49.7 Å². The Bertz CT molecular complexity index is 944. The second kappa shape index (κ2) is 7.44. The number of benzene rings is 1. The van der Waals surface area contributed by atoms with Crippen LogP contribution in [-0.4, -0.2) is 56.6 Å². The zero-order valence-electron chi connectivity index (χ0n) is 15.9. The van der Waals surface area contributed by atoms with Crippen LogP contribution < -0.4 is 4.90 Å². The first-order valence-corrected chi connectivity index (χ1v) is 9.43. The lowest BCUT2D eigenvalue weighted by atomic mass is 10.1. The molecule has 4 rings (SSSR count). The molecule has 0 unspecified atom stereocenters. The molecule has 1 amide bonds. The van der Waals surface area contributed by atoms with E-state index < -0.39 is 0 Å². The molecule has 1 saturated heterocycles. The molecule has 2 aromatic heterocycles.